The molecular weight excluding hydrogens is 342 g/mol. The standard InChI is InChI=1S/H10P10S/c1-7(2)9(5)10(6-11)8(3)4/h1-5H2. The molecule has 66 valence electrons. The van der Waals surface area contributed by atoms with Gasteiger partial charge in [0.2, 0.25) is 0 Å². The Morgan fingerprint density at radius 1 is 0.909 bits per heavy atom. The molecule has 0 nitrogen and oxygen atoms in total. The summed E-state index contributed by atoms with van der Waals surface area (Å²) in [7, 11) is 15.8. The first-order valence-corrected chi connectivity index (χ1v) is 20.5. The minimum absolute atomic E-state index is 0.0433. The summed E-state index contributed by atoms with van der Waals surface area (Å²) < 4.78 is 0. The van der Waals surface area contributed by atoms with E-state index in [0.29, 0.717) is 0 Å². The Labute approximate surface area is 91.0 Å². The monoisotopic (exact) mass is 352 g/mol. The van der Waals surface area contributed by atoms with Crippen LogP contribution in [0.25, 0.3) is 0 Å². The van der Waals surface area contributed by atoms with Crippen LogP contribution in [0.1, 0.15) is 0 Å². The van der Waals surface area contributed by atoms with Crippen molar-refractivity contribution in [3.63, 3.8) is 0 Å². The second-order valence-corrected chi connectivity index (χ2v) is 38.6. The summed E-state index contributed by atoms with van der Waals surface area (Å²) in [5.74, 6) is 0. The van der Waals surface area contributed by atoms with Gasteiger partial charge in [-0.25, -0.2) is 0 Å². The normalized spacial score (nSPS) is 17.7. The summed E-state index contributed by atoms with van der Waals surface area (Å²) in [4.78, 5) is 0. The molecule has 0 aliphatic carbocycles. The van der Waals surface area contributed by atoms with Crippen molar-refractivity contribution in [1.82, 2.24) is 0 Å². The molecule has 0 spiro atoms. The predicted molar refractivity (Wildman–Crippen MR) is 90.5 cm³/mol. The molecule has 0 bridgehead atoms. The summed E-state index contributed by atoms with van der Waals surface area (Å²) >= 11 is 5.13. The van der Waals surface area contributed by atoms with Crippen molar-refractivity contribution in [2.24, 2.45) is 0 Å². The van der Waals surface area contributed by atoms with Crippen molar-refractivity contribution in [3.05, 3.63) is 0 Å². The molecule has 7 unspecified atom stereocenters. The second-order valence-electron chi connectivity index (χ2n) is 1.43. The van der Waals surface area contributed by atoms with Crippen LogP contribution in [0.15, 0.2) is 0 Å². The van der Waals surface area contributed by atoms with Gasteiger partial charge in [-0.1, -0.05) is 11.8 Å². The summed E-state index contributed by atoms with van der Waals surface area (Å²) in [6.45, 7) is 0.285. The third-order valence-electron chi connectivity index (χ3n) is 0.699. The zero-order valence-corrected chi connectivity index (χ0v) is 16.6. The highest BCUT2D eigenvalue weighted by molar-refractivity contribution is 9.16. The molecular formula is H10P10S. The first-order valence-electron chi connectivity index (χ1n) is 2.27. The van der Waals surface area contributed by atoms with Crippen LogP contribution >= 0.6 is 79.6 Å². The summed E-state index contributed by atoms with van der Waals surface area (Å²) in [5.41, 5.74) is 0. The highest BCUT2D eigenvalue weighted by atomic mass is 33.2. The Morgan fingerprint density at radius 3 is 1.45 bits per heavy atom. The van der Waals surface area contributed by atoms with E-state index in [1.165, 1.54) is 7.04 Å². The Kier molecular flexibility index (Phi) is 11.9. The molecule has 0 aromatic rings. The lowest BCUT2D eigenvalue weighted by Crippen LogP contribution is -1.37. The van der Waals surface area contributed by atoms with Crippen LogP contribution in [0, 0.1) is 0 Å². The second kappa shape index (κ2) is 8.53. The highest BCUT2D eigenvalue weighted by Crippen LogP contribution is 3.09. The predicted octanol–water partition coefficient (Wildman–Crippen LogP) is 5.93. The molecule has 0 radical (unpaired) electrons. The van der Waals surface area contributed by atoms with Crippen LogP contribution in [0.3, 0.4) is 0 Å². The van der Waals surface area contributed by atoms with Gasteiger partial charge in [0.05, 0.1) is 0 Å². The van der Waals surface area contributed by atoms with Gasteiger partial charge >= 0.3 is 0 Å². The maximum atomic E-state index is 5.13. The molecule has 0 rings (SSSR count). The van der Waals surface area contributed by atoms with Gasteiger partial charge < -0.3 is 0 Å². The van der Waals surface area contributed by atoms with Crippen molar-refractivity contribution in [1.29, 1.82) is 0 Å². The summed E-state index contributed by atoms with van der Waals surface area (Å²) in [6, 6.07) is 0. The summed E-state index contributed by atoms with van der Waals surface area (Å²) in [6.07, 6.45) is 0. The Bertz CT molecular complexity index is 116. The minimum Gasteiger partial charge on any atom is -0.102 e. The molecule has 0 aliphatic rings. The molecule has 7 atom stereocenters. The van der Waals surface area contributed by atoms with Crippen LogP contribution in [0.4, 0.5) is 0 Å². The van der Waals surface area contributed by atoms with Crippen molar-refractivity contribution in [2.45, 2.75) is 0 Å². The molecule has 0 fully saturated rings. The van der Waals surface area contributed by atoms with Gasteiger partial charge in [-0.05, 0) is 21.0 Å². The highest BCUT2D eigenvalue weighted by Gasteiger charge is 2.21. The lowest BCUT2D eigenvalue weighted by atomic mass is 28.8. The minimum atomic E-state index is 0.0433. The third kappa shape index (κ3) is 6.53. The first-order chi connectivity index (χ1) is 5.00. The fourth-order valence-electron chi connectivity index (χ4n) is 0.278. The summed E-state index contributed by atoms with van der Waals surface area (Å²) in [5, 5.41) is 0. The number of rotatable bonds is 4. The van der Waals surface area contributed by atoms with Gasteiger partial charge in [-0.3, -0.25) is 0 Å². The van der Waals surface area contributed by atoms with E-state index in [0.717, 1.165) is 0 Å². The fraction of sp³-hybridized carbons (Fsp3) is 0. The lowest BCUT2D eigenvalue weighted by Gasteiger charge is -2.25. The van der Waals surface area contributed by atoms with E-state index in [-0.39, 0.29) is 27.9 Å². The van der Waals surface area contributed by atoms with Gasteiger partial charge in [-0.2, -0.15) is 0 Å². The largest absolute Gasteiger partial charge is 0.102 e. The zero-order valence-electron chi connectivity index (χ0n) is 5.53. The number of hydrogen-bond acceptors (Lipinski definition) is 1. The zero-order chi connectivity index (χ0) is 9.02. The molecule has 0 N–H and O–H groups in total. The van der Waals surface area contributed by atoms with E-state index < -0.39 is 0 Å². The topological polar surface area (TPSA) is 0 Å². The van der Waals surface area contributed by atoms with Crippen molar-refractivity contribution < 1.29 is 0 Å². The van der Waals surface area contributed by atoms with Crippen LogP contribution in [-0.4, -0.2) is 0 Å². The SMILES string of the molecule is PP(P)P(P)P(P=S)P(P)P. The molecule has 0 amide bonds. The molecule has 0 saturated carbocycles. The van der Waals surface area contributed by atoms with Gasteiger partial charge in [-0.15, -0.1) is 44.6 Å². The maximum Gasteiger partial charge on any atom is 0.0254 e. The van der Waals surface area contributed by atoms with Crippen molar-refractivity contribution >= 4 is 91.4 Å². The quantitative estimate of drug-likeness (QED) is 0.565. The van der Waals surface area contributed by atoms with Gasteiger partial charge in [0, 0.05) is 14.0 Å². The molecule has 0 saturated heterocycles. The van der Waals surface area contributed by atoms with E-state index in [2.05, 4.69) is 44.6 Å². The average Bonchev–Trinajstić information content (AvgIpc) is 1.88. The number of hydrogen-bond donors (Lipinski definition) is 0. The molecule has 0 aromatic heterocycles. The fourth-order valence-corrected chi connectivity index (χ4v) is 67.5. The van der Waals surface area contributed by atoms with Crippen LogP contribution < -0.4 is 0 Å². The van der Waals surface area contributed by atoms with Crippen molar-refractivity contribution in [2.75, 3.05) is 0 Å². The van der Waals surface area contributed by atoms with Gasteiger partial charge in [0.15, 0.2) is 0 Å². The Hall–Kier alpha value is 4.39. The van der Waals surface area contributed by atoms with Crippen LogP contribution in [0.5, 0.6) is 0 Å². The van der Waals surface area contributed by atoms with Crippen molar-refractivity contribution in [3.8, 4) is 0 Å². The third-order valence-corrected chi connectivity index (χ3v) is 56.7. The van der Waals surface area contributed by atoms with E-state index in [9.17, 15) is 0 Å². The average molecular weight is 352 g/mol. The van der Waals surface area contributed by atoms with Crippen LogP contribution in [0.2, 0.25) is 0 Å². The van der Waals surface area contributed by atoms with E-state index >= 15 is 0 Å². The van der Waals surface area contributed by atoms with Gasteiger partial charge in [0.25, 0.3) is 0 Å². The maximum absolute atomic E-state index is 5.13. The van der Waals surface area contributed by atoms with E-state index in [1.54, 1.807) is 0 Å². The Morgan fingerprint density at radius 2 is 1.36 bits per heavy atom. The van der Waals surface area contributed by atoms with Crippen LogP contribution in [-0.2, 0) is 11.8 Å². The molecule has 11 heteroatoms. The van der Waals surface area contributed by atoms with Gasteiger partial charge in [0.1, 0.15) is 0 Å². The molecule has 0 aromatic carbocycles. The lowest BCUT2D eigenvalue weighted by molar-refractivity contribution is 4.70. The first kappa shape index (κ1) is 15.4. The van der Waals surface area contributed by atoms with E-state index in [4.69, 9.17) is 11.8 Å². The Balaban J connectivity index is 4.13. The molecule has 0 heterocycles. The molecule has 0 aliphatic heterocycles. The van der Waals surface area contributed by atoms with E-state index in [1.807, 2.05) is 0 Å². The smallest absolute Gasteiger partial charge is 0.0254 e. The molecule has 11 heavy (non-hydrogen) atoms.